The summed E-state index contributed by atoms with van der Waals surface area (Å²) in [6.07, 6.45) is 0.964. The summed E-state index contributed by atoms with van der Waals surface area (Å²) >= 11 is 0. The number of hydrogen-bond donors (Lipinski definition) is 1. The predicted molar refractivity (Wildman–Crippen MR) is 62.6 cm³/mol. The van der Waals surface area contributed by atoms with Crippen molar-refractivity contribution in [3.8, 4) is 6.01 Å². The Labute approximate surface area is 99.1 Å². The molecule has 0 fully saturated rings. The molecular formula is C11H9BFN3O. The number of nitrogens with two attached hydrogens (primary N) is 1. The Morgan fingerprint density at radius 1 is 1.35 bits per heavy atom. The molecule has 0 atom stereocenters. The van der Waals surface area contributed by atoms with Crippen LogP contribution in [0.25, 0.3) is 0 Å². The zero-order chi connectivity index (χ0) is 12.3. The fraction of sp³-hybridized carbons (Fsp3) is 0.0909. The third-order valence-corrected chi connectivity index (χ3v) is 2.16. The maximum atomic E-state index is 12.8. The van der Waals surface area contributed by atoms with Crippen molar-refractivity contribution < 1.29 is 9.13 Å². The fourth-order valence-electron chi connectivity index (χ4n) is 1.24. The van der Waals surface area contributed by atoms with Gasteiger partial charge in [-0.3, -0.25) is 0 Å². The van der Waals surface area contributed by atoms with Crippen LogP contribution in [0.2, 0.25) is 0 Å². The Balaban J connectivity index is 2.08. The van der Waals surface area contributed by atoms with Gasteiger partial charge in [0, 0.05) is 0 Å². The Kier molecular flexibility index (Phi) is 3.23. The number of rotatable bonds is 3. The van der Waals surface area contributed by atoms with E-state index in [2.05, 4.69) is 9.97 Å². The van der Waals surface area contributed by atoms with E-state index in [0.717, 1.165) is 11.8 Å². The van der Waals surface area contributed by atoms with Gasteiger partial charge in [-0.2, -0.15) is 4.98 Å². The molecule has 0 saturated carbocycles. The summed E-state index contributed by atoms with van der Waals surface area (Å²) in [4.78, 5) is 7.30. The van der Waals surface area contributed by atoms with Crippen LogP contribution in [0.15, 0.2) is 30.5 Å². The van der Waals surface area contributed by atoms with E-state index in [1.54, 1.807) is 6.07 Å². The highest BCUT2D eigenvalue weighted by molar-refractivity contribution is 6.33. The zero-order valence-corrected chi connectivity index (χ0v) is 8.93. The second-order valence-electron chi connectivity index (χ2n) is 3.37. The highest BCUT2D eigenvalue weighted by Crippen LogP contribution is 2.10. The van der Waals surface area contributed by atoms with Gasteiger partial charge in [-0.1, -0.05) is 29.7 Å². The topological polar surface area (TPSA) is 61.0 Å². The molecule has 0 amide bonds. The molecular weight excluding hydrogens is 220 g/mol. The van der Waals surface area contributed by atoms with E-state index in [4.69, 9.17) is 18.3 Å². The van der Waals surface area contributed by atoms with Crippen LogP contribution in [0.5, 0.6) is 6.01 Å². The summed E-state index contributed by atoms with van der Waals surface area (Å²) in [6.45, 7) is 0.206. The van der Waals surface area contributed by atoms with E-state index in [1.165, 1.54) is 0 Å². The van der Waals surface area contributed by atoms with Crippen molar-refractivity contribution in [1.82, 2.24) is 9.97 Å². The molecule has 84 valence electrons. The molecule has 1 aromatic heterocycles. The first-order chi connectivity index (χ1) is 8.16. The molecule has 0 unspecified atom stereocenters. The fourth-order valence-corrected chi connectivity index (χ4v) is 1.24. The standard InChI is InChI=1S/C11H9BFN3O/c12-8-4-2-1-3-7(8)6-17-11-15-5-9(13)10(14)16-11/h1-5H,6H2,(H2,14,15,16). The summed E-state index contributed by atoms with van der Waals surface area (Å²) in [6, 6.07) is 7.27. The molecule has 0 saturated heterocycles. The van der Waals surface area contributed by atoms with Crippen LogP contribution in [0.1, 0.15) is 5.56 Å². The molecule has 1 heterocycles. The van der Waals surface area contributed by atoms with Gasteiger partial charge >= 0.3 is 6.01 Å². The van der Waals surface area contributed by atoms with Crippen molar-refractivity contribution in [3.05, 3.63) is 41.8 Å². The summed E-state index contributed by atoms with van der Waals surface area (Å²) in [5.41, 5.74) is 6.71. The minimum atomic E-state index is -0.670. The largest absolute Gasteiger partial charge is 0.459 e. The third kappa shape index (κ3) is 2.72. The quantitative estimate of drug-likeness (QED) is 0.781. The first kappa shape index (κ1) is 11.4. The van der Waals surface area contributed by atoms with Crippen LogP contribution in [0, 0.1) is 5.82 Å². The normalized spacial score (nSPS) is 10.2. The Hall–Kier alpha value is -2.11. The maximum Gasteiger partial charge on any atom is 0.318 e. The van der Waals surface area contributed by atoms with E-state index in [0.29, 0.717) is 5.46 Å². The number of ether oxygens (including phenoxy) is 1. The number of nitrogens with zero attached hydrogens (tertiary/aromatic N) is 2. The van der Waals surface area contributed by atoms with Crippen molar-refractivity contribution in [2.75, 3.05) is 5.73 Å². The van der Waals surface area contributed by atoms with Crippen LogP contribution in [0.4, 0.5) is 10.2 Å². The van der Waals surface area contributed by atoms with Crippen molar-refractivity contribution in [2.24, 2.45) is 0 Å². The molecule has 0 spiro atoms. The molecule has 0 aliphatic heterocycles. The van der Waals surface area contributed by atoms with Gasteiger partial charge in [0.15, 0.2) is 11.6 Å². The van der Waals surface area contributed by atoms with E-state index in [-0.39, 0.29) is 18.4 Å². The van der Waals surface area contributed by atoms with Crippen molar-refractivity contribution >= 4 is 19.1 Å². The van der Waals surface area contributed by atoms with Crippen molar-refractivity contribution in [1.29, 1.82) is 0 Å². The van der Waals surface area contributed by atoms with E-state index < -0.39 is 5.82 Å². The molecule has 2 N–H and O–H groups in total. The third-order valence-electron chi connectivity index (χ3n) is 2.16. The highest BCUT2D eigenvalue weighted by Gasteiger charge is 2.05. The number of aromatic nitrogens is 2. The van der Waals surface area contributed by atoms with Gasteiger partial charge < -0.3 is 10.5 Å². The van der Waals surface area contributed by atoms with Gasteiger partial charge in [0.25, 0.3) is 0 Å². The van der Waals surface area contributed by atoms with E-state index in [1.807, 2.05) is 18.2 Å². The molecule has 1 aromatic carbocycles. The number of halogens is 1. The predicted octanol–water partition coefficient (Wildman–Crippen LogP) is 0.571. The summed E-state index contributed by atoms with van der Waals surface area (Å²) in [5, 5.41) is 0. The molecule has 0 bridgehead atoms. The molecule has 2 aromatic rings. The first-order valence-electron chi connectivity index (χ1n) is 4.91. The lowest BCUT2D eigenvalue weighted by molar-refractivity contribution is 0.281. The van der Waals surface area contributed by atoms with Gasteiger partial charge in [0.2, 0.25) is 0 Å². The lowest BCUT2D eigenvalue weighted by atomic mass is 9.91. The number of benzene rings is 1. The van der Waals surface area contributed by atoms with Gasteiger partial charge in [-0.25, -0.2) is 9.37 Å². The van der Waals surface area contributed by atoms with Crippen LogP contribution < -0.4 is 15.9 Å². The second kappa shape index (κ2) is 4.82. The van der Waals surface area contributed by atoms with Crippen LogP contribution >= 0.6 is 0 Å². The lowest BCUT2D eigenvalue weighted by Crippen LogP contribution is -2.13. The van der Waals surface area contributed by atoms with Crippen LogP contribution in [0.3, 0.4) is 0 Å². The summed E-state index contributed by atoms with van der Waals surface area (Å²) in [5.74, 6) is -0.910. The Morgan fingerprint density at radius 2 is 2.12 bits per heavy atom. The minimum absolute atomic E-state index is 0.0205. The van der Waals surface area contributed by atoms with Crippen LogP contribution in [-0.2, 0) is 6.61 Å². The average molecular weight is 229 g/mol. The molecule has 0 aliphatic carbocycles. The van der Waals surface area contributed by atoms with Gasteiger partial charge in [-0.05, 0) is 5.56 Å². The van der Waals surface area contributed by atoms with Crippen molar-refractivity contribution in [3.63, 3.8) is 0 Å². The zero-order valence-electron chi connectivity index (χ0n) is 8.93. The number of nitrogen functional groups attached to an aromatic ring is 1. The first-order valence-corrected chi connectivity index (χ1v) is 4.91. The smallest absolute Gasteiger partial charge is 0.318 e. The molecule has 2 radical (unpaired) electrons. The van der Waals surface area contributed by atoms with Gasteiger partial charge in [0.05, 0.1) is 6.20 Å². The van der Waals surface area contributed by atoms with Crippen LogP contribution in [-0.4, -0.2) is 17.8 Å². The van der Waals surface area contributed by atoms with Crippen molar-refractivity contribution in [2.45, 2.75) is 6.61 Å². The molecule has 4 nitrogen and oxygen atoms in total. The second-order valence-corrected chi connectivity index (χ2v) is 3.37. The lowest BCUT2D eigenvalue weighted by Gasteiger charge is -2.07. The number of hydrogen-bond acceptors (Lipinski definition) is 4. The monoisotopic (exact) mass is 229 g/mol. The minimum Gasteiger partial charge on any atom is -0.459 e. The molecule has 2 rings (SSSR count). The maximum absolute atomic E-state index is 12.8. The summed E-state index contributed by atoms with van der Waals surface area (Å²) in [7, 11) is 5.73. The SMILES string of the molecule is [B]c1ccccc1COc1ncc(F)c(N)n1. The van der Waals surface area contributed by atoms with Gasteiger partial charge in [-0.15, -0.1) is 0 Å². The van der Waals surface area contributed by atoms with E-state index in [9.17, 15) is 4.39 Å². The molecule has 17 heavy (non-hydrogen) atoms. The highest BCUT2D eigenvalue weighted by atomic mass is 19.1. The Morgan fingerprint density at radius 3 is 2.82 bits per heavy atom. The Bertz CT molecular complexity index is 536. The van der Waals surface area contributed by atoms with E-state index >= 15 is 0 Å². The van der Waals surface area contributed by atoms with Gasteiger partial charge in [0.1, 0.15) is 14.5 Å². The summed E-state index contributed by atoms with van der Waals surface area (Å²) < 4.78 is 18.1. The molecule has 0 aliphatic rings. The average Bonchev–Trinajstić information content (AvgIpc) is 2.32. The molecule has 6 heteroatoms. The number of anilines is 1.